The Labute approximate surface area is 366 Å². The summed E-state index contributed by atoms with van der Waals surface area (Å²) in [5.74, 6) is 0.631. The fourth-order valence-corrected chi connectivity index (χ4v) is 10.5. The lowest BCUT2D eigenvalue weighted by atomic mass is 9.72. The number of carbonyl (C=O) groups excluding carboxylic acids is 1. The highest BCUT2D eigenvalue weighted by Crippen LogP contribution is 2.45. The van der Waals surface area contributed by atoms with Crippen LogP contribution in [0.3, 0.4) is 0 Å². The van der Waals surface area contributed by atoms with Gasteiger partial charge in [0.25, 0.3) is 15.9 Å². The summed E-state index contributed by atoms with van der Waals surface area (Å²) in [6, 6.07) is 20.3. The van der Waals surface area contributed by atoms with Crippen LogP contribution in [0.4, 0.5) is 11.4 Å². The van der Waals surface area contributed by atoms with E-state index in [2.05, 4.69) is 62.6 Å². The van der Waals surface area contributed by atoms with Gasteiger partial charge in [-0.25, -0.2) is 18.1 Å². The van der Waals surface area contributed by atoms with Crippen LogP contribution in [0.25, 0.3) is 16.6 Å². The number of benzene rings is 3. The number of nitrogens with one attached hydrogen (secondary N) is 2. The average Bonchev–Trinajstić information content (AvgIpc) is 4.02. The van der Waals surface area contributed by atoms with Crippen LogP contribution in [-0.4, -0.2) is 73.4 Å². The van der Waals surface area contributed by atoms with Crippen molar-refractivity contribution >= 4 is 55.5 Å². The largest absolute Gasteiger partial charge is 0.486 e. The molecule has 3 aliphatic carbocycles. The van der Waals surface area contributed by atoms with Crippen molar-refractivity contribution < 1.29 is 27.6 Å². The molecule has 1 saturated heterocycles. The summed E-state index contributed by atoms with van der Waals surface area (Å²) in [7, 11) is -4.57. The summed E-state index contributed by atoms with van der Waals surface area (Å²) in [6.07, 6.45) is 12.9. The number of anilines is 1. The Morgan fingerprint density at radius 3 is 2.55 bits per heavy atom. The highest BCUT2D eigenvalue weighted by atomic mass is 35.5. The highest BCUT2D eigenvalue weighted by Gasteiger charge is 2.37. The molecule has 3 heterocycles. The Morgan fingerprint density at radius 1 is 1.00 bits per heavy atom. The Morgan fingerprint density at radius 2 is 1.81 bits per heavy atom. The van der Waals surface area contributed by atoms with Crippen LogP contribution in [0.1, 0.15) is 61.9 Å². The summed E-state index contributed by atoms with van der Waals surface area (Å²) in [5, 5.41) is 13.6. The number of rotatable bonds is 13. The smallest absolute Gasteiger partial charge is 0.312 e. The third kappa shape index (κ3) is 8.95. The molecular formula is C47H49ClN6O7S. The Hall–Kier alpha value is -5.70. The van der Waals surface area contributed by atoms with Gasteiger partial charge in [0.05, 0.1) is 28.2 Å². The van der Waals surface area contributed by atoms with E-state index < -0.39 is 31.4 Å². The van der Waals surface area contributed by atoms with E-state index in [0.717, 1.165) is 87.0 Å². The molecular weight excluding hydrogens is 828 g/mol. The van der Waals surface area contributed by atoms with E-state index in [-0.39, 0.29) is 28.4 Å². The molecule has 2 aromatic heterocycles. The summed E-state index contributed by atoms with van der Waals surface area (Å²) < 4.78 is 41.7. The number of fused-ring (bicyclic) bond motifs is 3. The van der Waals surface area contributed by atoms with Crippen molar-refractivity contribution in [1.82, 2.24) is 19.6 Å². The van der Waals surface area contributed by atoms with E-state index in [1.807, 2.05) is 18.2 Å². The topological polar surface area (TPSA) is 160 Å². The van der Waals surface area contributed by atoms with Crippen LogP contribution < -0.4 is 19.1 Å². The van der Waals surface area contributed by atoms with Crippen molar-refractivity contribution in [2.75, 3.05) is 44.2 Å². The van der Waals surface area contributed by atoms with E-state index in [1.165, 1.54) is 35.0 Å². The number of hydrogen-bond donors (Lipinski definition) is 2. The number of carbonyl (C=O) groups is 1. The predicted molar refractivity (Wildman–Crippen MR) is 239 cm³/mol. The van der Waals surface area contributed by atoms with E-state index in [1.54, 1.807) is 30.5 Å². The van der Waals surface area contributed by atoms with E-state index in [4.69, 9.17) is 21.1 Å². The molecule has 0 radical (unpaired) electrons. The molecule has 2 bridgehead atoms. The summed E-state index contributed by atoms with van der Waals surface area (Å²) >= 11 is 6.24. The van der Waals surface area contributed by atoms with Gasteiger partial charge in [-0.1, -0.05) is 55.3 Å². The molecule has 5 aromatic rings. The number of sulfonamides is 1. The van der Waals surface area contributed by atoms with Crippen molar-refractivity contribution in [3.63, 3.8) is 0 Å². The molecule has 3 aromatic carbocycles. The summed E-state index contributed by atoms with van der Waals surface area (Å²) in [6.45, 7) is 8.93. The third-order valence-electron chi connectivity index (χ3n) is 12.9. The number of nitrogens with zero attached hydrogens (tertiary/aromatic N) is 4. The van der Waals surface area contributed by atoms with Crippen LogP contribution in [-0.2, 0) is 10.0 Å². The van der Waals surface area contributed by atoms with E-state index in [9.17, 15) is 23.3 Å². The van der Waals surface area contributed by atoms with Crippen molar-refractivity contribution in [2.45, 2.75) is 50.8 Å². The molecule has 62 heavy (non-hydrogen) atoms. The molecule has 1 amide bonds. The van der Waals surface area contributed by atoms with Gasteiger partial charge in [-0.3, -0.25) is 19.8 Å². The minimum absolute atomic E-state index is 0.0232. The quantitative estimate of drug-likeness (QED) is 0.0663. The number of H-pyrrole nitrogens is 1. The molecule has 2 N–H and O–H groups in total. The minimum Gasteiger partial charge on any atom is -0.486 e. The van der Waals surface area contributed by atoms with Crippen LogP contribution in [0.5, 0.6) is 17.2 Å². The van der Waals surface area contributed by atoms with Gasteiger partial charge >= 0.3 is 5.69 Å². The van der Waals surface area contributed by atoms with Gasteiger partial charge in [-0.2, -0.15) is 0 Å². The maximum absolute atomic E-state index is 13.9. The molecule has 1 aliphatic heterocycles. The zero-order valence-corrected chi connectivity index (χ0v) is 36.3. The van der Waals surface area contributed by atoms with Gasteiger partial charge in [-0.05, 0) is 115 Å². The number of amides is 1. The average molecular weight is 877 g/mol. The molecule has 0 spiro atoms. The van der Waals surface area contributed by atoms with Gasteiger partial charge in [0.1, 0.15) is 17.1 Å². The van der Waals surface area contributed by atoms with Crippen LogP contribution in [0.2, 0.25) is 5.02 Å². The summed E-state index contributed by atoms with van der Waals surface area (Å²) in [5.41, 5.74) is 5.26. The van der Waals surface area contributed by atoms with Crippen LogP contribution in [0.15, 0.2) is 108 Å². The first-order valence-corrected chi connectivity index (χ1v) is 23.0. The van der Waals surface area contributed by atoms with Crippen molar-refractivity contribution in [1.29, 1.82) is 0 Å². The molecule has 322 valence electrons. The normalized spacial score (nSPS) is 21.1. The monoisotopic (exact) mass is 876 g/mol. The summed E-state index contributed by atoms with van der Waals surface area (Å²) in [4.78, 5) is 37.1. The fourth-order valence-electron chi connectivity index (χ4n) is 9.43. The third-order valence-corrected chi connectivity index (χ3v) is 14.5. The first kappa shape index (κ1) is 41.6. The number of aromatic nitrogens is 2. The number of hydrogen-bond acceptors (Lipinski definition) is 10. The molecule has 9 rings (SSSR count). The second kappa shape index (κ2) is 16.9. The van der Waals surface area contributed by atoms with Gasteiger partial charge in [0.15, 0.2) is 5.75 Å². The molecule has 4 aliphatic rings. The zero-order chi connectivity index (χ0) is 43.2. The van der Waals surface area contributed by atoms with Gasteiger partial charge in [0.2, 0.25) is 0 Å². The maximum Gasteiger partial charge on any atom is 0.312 e. The highest BCUT2D eigenvalue weighted by molar-refractivity contribution is 7.90. The standard InChI is InChI=1S/C47H49ClN6O7S/c1-47(2)15-13-34(41(26-47)31-5-7-36(48)8-6-31)28-52-17-19-53(20-18-52)37-9-11-40(44(24-37)61-38-23-33-14-16-49-45(33)50-27-38)46(55)51-62(58,59)39-10-12-43(42(25-39)54(56)57)60-29-35-22-30-3-4-32(35)21-30/h3-12,14,16,23-25,27,30,32,35H,13,15,17-22,26,28-29H2,1-2H3,(H,49,50)(H,51,55)/t30-,32+,35?/m0/s1. The van der Waals surface area contributed by atoms with E-state index >= 15 is 0 Å². The lowest BCUT2D eigenvalue weighted by Crippen LogP contribution is -2.47. The minimum atomic E-state index is -4.57. The Bertz CT molecular complexity index is 2710. The number of halogens is 1. The second-order valence-electron chi connectivity index (χ2n) is 17.7. The molecule has 15 heteroatoms. The fraction of sp³-hybridized carbons (Fsp3) is 0.362. The Kier molecular flexibility index (Phi) is 11.3. The molecule has 1 saturated carbocycles. The van der Waals surface area contributed by atoms with Crippen LogP contribution >= 0.6 is 11.6 Å². The van der Waals surface area contributed by atoms with Gasteiger partial charge < -0.3 is 19.4 Å². The van der Waals surface area contributed by atoms with Crippen molar-refractivity contribution in [2.24, 2.45) is 23.2 Å². The molecule has 1 unspecified atom stereocenters. The van der Waals surface area contributed by atoms with E-state index in [0.29, 0.717) is 29.8 Å². The number of aromatic amines is 1. The number of allylic oxidation sites excluding steroid dienone is 3. The first-order chi connectivity index (χ1) is 29.8. The van der Waals surface area contributed by atoms with Crippen LogP contribution in [0, 0.1) is 33.3 Å². The number of pyridine rings is 1. The second-order valence-corrected chi connectivity index (χ2v) is 19.9. The molecule has 3 atom stereocenters. The Balaban J connectivity index is 0.926. The number of ether oxygens (including phenoxy) is 2. The molecule has 2 fully saturated rings. The predicted octanol–water partition coefficient (Wildman–Crippen LogP) is 9.41. The SMILES string of the molecule is CC1(C)CCC(CN2CCN(c3ccc(C(=O)NS(=O)(=O)c4ccc(OCC5C[C@H]6C=C[C@@H]5C6)c([N+](=O)[O-])c4)c(Oc4cnc5[nH]ccc5c4)c3)CC2)=C(c2ccc(Cl)cc2)C1. The lowest BCUT2D eigenvalue weighted by Gasteiger charge is -2.39. The van der Waals surface area contributed by atoms with Gasteiger partial charge in [-0.15, -0.1) is 0 Å². The number of piperazine rings is 1. The number of nitro groups is 1. The van der Waals surface area contributed by atoms with Crippen molar-refractivity contribution in [3.8, 4) is 17.2 Å². The first-order valence-electron chi connectivity index (χ1n) is 21.1. The van der Waals surface area contributed by atoms with Gasteiger partial charge in [0, 0.05) is 67.1 Å². The maximum atomic E-state index is 13.9. The van der Waals surface area contributed by atoms with Crippen molar-refractivity contribution in [3.05, 3.63) is 129 Å². The number of nitro benzene ring substituents is 1. The molecule has 13 nitrogen and oxygen atoms in total. The lowest BCUT2D eigenvalue weighted by molar-refractivity contribution is -0.386. The zero-order valence-electron chi connectivity index (χ0n) is 34.7.